The molecule has 0 bridgehead atoms. The van der Waals surface area contributed by atoms with Crippen LogP contribution in [0.3, 0.4) is 0 Å². The van der Waals surface area contributed by atoms with Gasteiger partial charge in [-0.15, -0.1) is 23.1 Å². The number of nitrogens with two attached hydrogens (primary N) is 2. The van der Waals surface area contributed by atoms with Crippen molar-refractivity contribution in [2.45, 2.75) is 48.8 Å². The molecule has 2 fully saturated rings. The van der Waals surface area contributed by atoms with Gasteiger partial charge in [0.15, 0.2) is 0 Å². The maximum Gasteiger partial charge on any atom is 0.323 e. The molecule has 5 N–H and O–H groups in total. The van der Waals surface area contributed by atoms with Crippen LogP contribution in [0, 0.1) is 11.3 Å². The molecule has 6 rings (SSSR count). The summed E-state index contributed by atoms with van der Waals surface area (Å²) in [6.45, 7) is 7.17. The van der Waals surface area contributed by atoms with Gasteiger partial charge in [-0.3, -0.25) is 4.90 Å². The normalized spacial score (nSPS) is 21.6. The summed E-state index contributed by atoms with van der Waals surface area (Å²) in [4.78, 5) is 26.2. The van der Waals surface area contributed by atoms with Crippen LogP contribution in [-0.2, 0) is 10.5 Å². The molecule has 3 aliphatic rings. The quantitative estimate of drug-likeness (QED) is 0.325. The Morgan fingerprint density at radius 1 is 1.29 bits per heavy atom. The molecule has 0 radical (unpaired) electrons. The number of aliphatic hydroxyl groups excluding tert-OH is 1. The molecule has 3 aliphatic heterocycles. The third-order valence-corrected chi connectivity index (χ3v) is 11.6. The highest BCUT2D eigenvalue weighted by molar-refractivity contribution is 8.00. The number of nitrogen functional groups attached to an aromatic ring is 2. The van der Waals surface area contributed by atoms with Gasteiger partial charge >= 0.3 is 6.01 Å². The molecule has 222 valence electrons. The highest BCUT2D eigenvalue weighted by Crippen LogP contribution is 2.57. The second-order valence-corrected chi connectivity index (χ2v) is 13.7. The zero-order valence-electron chi connectivity index (χ0n) is 24.1. The molecule has 0 amide bonds. The van der Waals surface area contributed by atoms with E-state index in [0.29, 0.717) is 47.9 Å². The lowest BCUT2D eigenvalue weighted by molar-refractivity contribution is 0.0361. The number of thioether (sulfide) groups is 1. The summed E-state index contributed by atoms with van der Waals surface area (Å²) in [5, 5.41) is 20.7. The van der Waals surface area contributed by atoms with E-state index >= 15 is 0 Å². The van der Waals surface area contributed by atoms with Gasteiger partial charge in [-0.1, -0.05) is 6.07 Å². The van der Waals surface area contributed by atoms with Crippen LogP contribution in [0.25, 0.3) is 0 Å². The van der Waals surface area contributed by atoms with Crippen LogP contribution in [0.15, 0.2) is 18.3 Å². The number of rotatable bonds is 9. The summed E-state index contributed by atoms with van der Waals surface area (Å²) in [5.74, 6) is 2.30. The number of ether oxygens (including phenoxy) is 1. The number of fused-ring (bicyclic) bond motifs is 2. The Bertz CT molecular complexity index is 1520. The largest absolute Gasteiger partial charge is 0.461 e. The zero-order chi connectivity index (χ0) is 29.6. The van der Waals surface area contributed by atoms with Gasteiger partial charge in [-0.05, 0) is 46.3 Å². The SMILES string of the molecule is CCN(c1nc(OC[C@]2(CO)CCCN2C)nc(N2CC3(C2)SCc2sc(N)c(C#N)c23)n1)[C@H](C)c1cccnc1N. The van der Waals surface area contributed by atoms with Gasteiger partial charge < -0.3 is 31.1 Å². The topological polar surface area (TPSA) is 167 Å². The van der Waals surface area contributed by atoms with Crippen LogP contribution >= 0.6 is 23.1 Å². The van der Waals surface area contributed by atoms with Gasteiger partial charge in [0.05, 0.1) is 28.5 Å². The molecule has 14 heteroatoms. The van der Waals surface area contributed by atoms with Crippen molar-refractivity contribution >= 4 is 45.8 Å². The molecule has 0 aromatic carbocycles. The van der Waals surface area contributed by atoms with Gasteiger partial charge in [0.25, 0.3) is 0 Å². The second kappa shape index (κ2) is 11.0. The van der Waals surface area contributed by atoms with E-state index in [1.54, 1.807) is 6.20 Å². The molecule has 0 aliphatic carbocycles. The fourth-order valence-corrected chi connectivity index (χ4v) is 9.15. The fourth-order valence-electron chi connectivity index (χ4n) is 6.34. The molecule has 1 spiro atoms. The summed E-state index contributed by atoms with van der Waals surface area (Å²) in [7, 11) is 2.01. The van der Waals surface area contributed by atoms with Crippen LogP contribution in [0.5, 0.6) is 6.01 Å². The van der Waals surface area contributed by atoms with Crippen LogP contribution in [0.2, 0.25) is 0 Å². The lowest BCUT2D eigenvalue weighted by Crippen LogP contribution is -2.57. The Morgan fingerprint density at radius 3 is 2.76 bits per heavy atom. The van der Waals surface area contributed by atoms with Gasteiger partial charge in [0.2, 0.25) is 11.9 Å². The van der Waals surface area contributed by atoms with E-state index in [1.807, 2.05) is 37.9 Å². The zero-order valence-corrected chi connectivity index (χ0v) is 25.7. The molecule has 2 atom stereocenters. The number of hydrogen-bond donors (Lipinski definition) is 3. The van der Waals surface area contributed by atoms with E-state index in [1.165, 1.54) is 16.2 Å². The number of pyridine rings is 1. The lowest BCUT2D eigenvalue weighted by atomic mass is 9.88. The second-order valence-electron chi connectivity index (χ2n) is 11.2. The summed E-state index contributed by atoms with van der Waals surface area (Å²) in [6, 6.07) is 6.22. The molecule has 3 aromatic rings. The van der Waals surface area contributed by atoms with Crippen molar-refractivity contribution in [3.8, 4) is 12.1 Å². The standard InChI is InChI=1S/C28H36N10O2S2/c1-4-38(17(2)18-7-5-9-32-22(18)30)25-33-24(34-26(35-25)40-16-27(15-39)8-6-10-36(27)3)37-13-28(14-37)21-19(11-29)23(31)42-20(21)12-41-28/h5,7,9,17,39H,4,6,8,10,12-16,31H2,1-3H3,(H2,30,32)/t17-,27-/m1/s1. The summed E-state index contributed by atoms with van der Waals surface area (Å²) in [5.41, 5.74) is 14.5. The van der Waals surface area contributed by atoms with Crippen molar-refractivity contribution in [3.63, 3.8) is 0 Å². The van der Waals surface area contributed by atoms with E-state index in [9.17, 15) is 10.4 Å². The molecular formula is C28H36N10O2S2. The first-order valence-corrected chi connectivity index (χ1v) is 15.9. The van der Waals surface area contributed by atoms with Crippen molar-refractivity contribution in [2.75, 3.05) is 67.7 Å². The van der Waals surface area contributed by atoms with Gasteiger partial charge in [0, 0.05) is 47.6 Å². The number of nitriles is 1. The number of likely N-dealkylation sites (tertiary alicyclic amines) is 1. The Hall–Kier alpha value is -3.38. The Kier molecular flexibility index (Phi) is 7.55. The van der Waals surface area contributed by atoms with Gasteiger partial charge in [-0.25, -0.2) is 4.98 Å². The smallest absolute Gasteiger partial charge is 0.323 e. The average Bonchev–Trinajstić information content (AvgIpc) is 3.62. The van der Waals surface area contributed by atoms with Gasteiger partial charge in [-0.2, -0.15) is 20.2 Å². The maximum atomic E-state index is 10.3. The highest BCUT2D eigenvalue weighted by atomic mass is 32.2. The number of nitrogens with zero attached hydrogens (tertiary/aromatic N) is 8. The number of hydrogen-bond acceptors (Lipinski definition) is 14. The Balaban J connectivity index is 1.33. The minimum Gasteiger partial charge on any atom is -0.461 e. The van der Waals surface area contributed by atoms with Crippen LogP contribution < -0.4 is 26.0 Å². The van der Waals surface area contributed by atoms with E-state index in [2.05, 4.69) is 32.7 Å². The van der Waals surface area contributed by atoms with Gasteiger partial charge in [0.1, 0.15) is 23.5 Å². The van der Waals surface area contributed by atoms with Crippen molar-refractivity contribution in [3.05, 3.63) is 39.9 Å². The fraction of sp³-hybridized carbons (Fsp3) is 0.536. The molecule has 0 saturated carbocycles. The minimum atomic E-state index is -0.473. The monoisotopic (exact) mass is 608 g/mol. The Labute approximate surface area is 253 Å². The molecular weight excluding hydrogens is 573 g/mol. The van der Waals surface area contributed by atoms with Crippen molar-refractivity contribution < 1.29 is 9.84 Å². The minimum absolute atomic E-state index is 0.00804. The van der Waals surface area contributed by atoms with Crippen molar-refractivity contribution in [1.29, 1.82) is 5.26 Å². The summed E-state index contributed by atoms with van der Waals surface area (Å²) >= 11 is 3.37. The van der Waals surface area contributed by atoms with Crippen LogP contribution in [-0.4, -0.2) is 81.9 Å². The van der Waals surface area contributed by atoms with Crippen molar-refractivity contribution in [1.82, 2.24) is 24.8 Å². The van der Waals surface area contributed by atoms with E-state index in [-0.39, 0.29) is 30.0 Å². The van der Waals surface area contributed by atoms with E-state index in [4.69, 9.17) is 31.2 Å². The van der Waals surface area contributed by atoms with E-state index in [0.717, 1.165) is 36.3 Å². The molecule has 6 heterocycles. The first-order valence-electron chi connectivity index (χ1n) is 14.1. The van der Waals surface area contributed by atoms with Crippen molar-refractivity contribution in [2.24, 2.45) is 0 Å². The Morgan fingerprint density at radius 2 is 2.10 bits per heavy atom. The predicted octanol–water partition coefficient (Wildman–Crippen LogP) is 2.75. The summed E-state index contributed by atoms with van der Waals surface area (Å²) < 4.78 is 6.04. The molecule has 3 aromatic heterocycles. The van der Waals surface area contributed by atoms with E-state index < -0.39 is 5.54 Å². The first kappa shape index (κ1) is 28.7. The molecule has 12 nitrogen and oxygen atoms in total. The number of likely N-dealkylation sites (N-methyl/N-ethyl adjacent to an activating group) is 1. The van der Waals surface area contributed by atoms with Crippen LogP contribution in [0.1, 0.15) is 54.3 Å². The third-order valence-electron chi connectivity index (χ3n) is 8.92. The molecule has 42 heavy (non-hydrogen) atoms. The average molecular weight is 609 g/mol. The maximum absolute atomic E-state index is 10.3. The summed E-state index contributed by atoms with van der Waals surface area (Å²) in [6.07, 6.45) is 3.51. The predicted molar refractivity (Wildman–Crippen MR) is 166 cm³/mol. The molecule has 0 unspecified atom stereocenters. The number of anilines is 4. The molecule has 2 saturated heterocycles. The number of thiophene rings is 1. The third kappa shape index (κ3) is 4.68. The number of aliphatic hydroxyl groups is 1. The highest BCUT2D eigenvalue weighted by Gasteiger charge is 2.53. The lowest BCUT2D eigenvalue weighted by Gasteiger charge is -2.47. The number of aromatic nitrogens is 4. The van der Waals surface area contributed by atoms with Crippen LogP contribution in [0.4, 0.5) is 22.7 Å². The first-order chi connectivity index (χ1) is 20.2.